The van der Waals surface area contributed by atoms with E-state index in [4.69, 9.17) is 38.6 Å². The SMILES string of the molecule is C=C(C)C(=O)OCC1=CC2C=CC1C2.C=C(C)C(=O)OCC1CC2C=CC1C2.C=C(C)C(=O)OCC1CC2C=CC1O2.C=C(C)C(=O)OCCO.C=CC(=O)OCC1CC2C=CC1C2.C=CCOCC1CC2C=CC1C2.O=C=C1C2C=CC(C2)C1C(=O)O. The number of fused-ring (bicyclic) bond motifs is 12. The van der Waals surface area contributed by atoms with E-state index in [0.29, 0.717) is 102 Å². The molecule has 0 aromatic carbocycles. The molecule has 12 rings (SSSR count). The van der Waals surface area contributed by atoms with E-state index in [1.807, 2.05) is 24.3 Å². The predicted octanol–water partition coefficient (Wildman–Crippen LogP) is 11.1. The summed E-state index contributed by atoms with van der Waals surface area (Å²) in [6, 6.07) is 0. The summed E-state index contributed by atoms with van der Waals surface area (Å²) in [5, 5.41) is 17.0. The molecule has 476 valence electrons. The lowest BCUT2D eigenvalue weighted by molar-refractivity contribution is -0.141. The van der Waals surface area contributed by atoms with Gasteiger partial charge in [0.1, 0.15) is 19.2 Å². The highest BCUT2D eigenvalue weighted by Gasteiger charge is 2.45. The zero-order valence-electron chi connectivity index (χ0n) is 51.8. The second kappa shape index (κ2) is 34.5. The molecular weight excluding hydrogens is 1120 g/mol. The van der Waals surface area contributed by atoms with Crippen LogP contribution in [0.3, 0.4) is 0 Å². The van der Waals surface area contributed by atoms with Gasteiger partial charge in [-0.1, -0.05) is 118 Å². The molecule has 2 heterocycles. The maximum absolute atomic E-state index is 11.2. The fourth-order valence-corrected chi connectivity index (χ4v) is 13.3. The van der Waals surface area contributed by atoms with Gasteiger partial charge in [0.05, 0.1) is 57.8 Å². The molecule has 2 N–H and O–H groups in total. The third-order valence-corrected chi connectivity index (χ3v) is 17.9. The Morgan fingerprint density at radius 1 is 0.557 bits per heavy atom. The van der Waals surface area contributed by atoms with Crippen LogP contribution in [-0.2, 0) is 66.7 Å². The van der Waals surface area contributed by atoms with Crippen LogP contribution >= 0.6 is 0 Å². The van der Waals surface area contributed by atoms with E-state index in [1.165, 1.54) is 56.6 Å². The minimum absolute atomic E-state index is 0.0314. The topological polar surface area (TPSA) is 225 Å². The maximum atomic E-state index is 11.2. The van der Waals surface area contributed by atoms with Crippen molar-refractivity contribution < 1.29 is 76.9 Å². The molecule has 0 aromatic rings. The standard InChI is InChI=1S/C12H16O2.C12H14O2.C11H14O3.C11H14O2.C11H16O.C9H8O3.C6H10O3/c2*1-8(2)12(13)14-7-11-6-9-3-4-10(11)5-9;1-7(2)11(12)13-6-8-5-9-3-4-10(8)14-9;1-2-11(12)13-7-10-6-8-3-4-9(10)5-8;1-2-5-12-8-11-7-9-3-4-10(11)6-9;10-4-7-5-1-2-6(3-5)8(7)9(11)12;1-5(2)6(8)9-4-3-7/h3-4,9-11H,1,5-7H2,2H3;3-4,6,9-10H,1,5,7H2,2H3;3-4,8-10H,1,5-6H2,2H3;2-4,8-10H,1,5-7H2;2-4,9-11H,1,5-8H2;1-2,5-6,8H,3H2,(H,11,12);7H,1,3-4H2,2H3. The van der Waals surface area contributed by atoms with E-state index < -0.39 is 17.9 Å². The van der Waals surface area contributed by atoms with Gasteiger partial charge in [-0.25, -0.2) is 28.8 Å². The normalized spacial score (nSPS) is 31.2. The number of allylic oxidation sites excluding steroid dienone is 11. The van der Waals surface area contributed by atoms with Crippen molar-refractivity contribution in [1.29, 1.82) is 0 Å². The van der Waals surface area contributed by atoms with Gasteiger partial charge in [-0.15, -0.1) is 6.58 Å². The van der Waals surface area contributed by atoms with Crippen LogP contribution in [-0.4, -0.2) is 117 Å². The lowest BCUT2D eigenvalue weighted by Gasteiger charge is -2.17. The highest BCUT2D eigenvalue weighted by molar-refractivity contribution is 5.88. The Labute approximate surface area is 519 Å². The predicted molar refractivity (Wildman–Crippen MR) is 335 cm³/mol. The molecule has 16 nitrogen and oxygen atoms in total. The van der Waals surface area contributed by atoms with Gasteiger partial charge in [0, 0.05) is 51.7 Å². The number of aliphatic hydroxyl groups excluding tert-OH is 1. The minimum Gasteiger partial charge on any atom is -0.481 e. The fourth-order valence-electron chi connectivity index (χ4n) is 13.3. The van der Waals surface area contributed by atoms with Crippen LogP contribution in [0, 0.1) is 88.8 Å². The largest absolute Gasteiger partial charge is 0.481 e. The fraction of sp³-hybridized carbons (Fsp3) is 0.528. The monoisotopic (exact) mass is 1210 g/mol. The average molecular weight is 1210 g/mol. The van der Waals surface area contributed by atoms with Crippen LogP contribution in [0.15, 0.2) is 164 Å². The van der Waals surface area contributed by atoms with E-state index in [0.717, 1.165) is 49.0 Å². The summed E-state index contributed by atoms with van der Waals surface area (Å²) in [5.41, 5.74) is 3.42. The number of aliphatic hydroxyl groups is 1. The van der Waals surface area contributed by atoms with Gasteiger partial charge >= 0.3 is 35.8 Å². The van der Waals surface area contributed by atoms with Crippen molar-refractivity contribution in [2.24, 2.45) is 88.8 Å². The summed E-state index contributed by atoms with van der Waals surface area (Å²) in [6.07, 6.45) is 42.4. The molecular formula is C72H92O16. The summed E-state index contributed by atoms with van der Waals surface area (Å²) in [5.74, 6) is 6.54. The minimum atomic E-state index is -0.898. The van der Waals surface area contributed by atoms with Gasteiger partial charge in [0.25, 0.3) is 0 Å². The molecule has 0 radical (unpaired) electrons. The summed E-state index contributed by atoms with van der Waals surface area (Å²) < 4.78 is 35.9. The maximum Gasteiger partial charge on any atom is 0.333 e. The van der Waals surface area contributed by atoms with Crippen molar-refractivity contribution in [1.82, 2.24) is 0 Å². The Morgan fingerprint density at radius 3 is 1.45 bits per heavy atom. The van der Waals surface area contributed by atoms with Crippen molar-refractivity contribution in [2.75, 3.05) is 52.9 Å². The van der Waals surface area contributed by atoms with Gasteiger partial charge < -0.3 is 43.4 Å². The van der Waals surface area contributed by atoms with E-state index in [9.17, 15) is 33.6 Å². The number of rotatable bonds is 20. The van der Waals surface area contributed by atoms with Crippen molar-refractivity contribution in [3.05, 3.63) is 164 Å². The number of carboxylic acids is 1. The molecule has 17 atom stereocenters. The zero-order valence-corrected chi connectivity index (χ0v) is 51.8. The van der Waals surface area contributed by atoms with E-state index >= 15 is 0 Å². The van der Waals surface area contributed by atoms with Crippen LogP contribution < -0.4 is 0 Å². The second-order valence-corrected chi connectivity index (χ2v) is 25.0. The number of hydrogen-bond donors (Lipinski definition) is 2. The Kier molecular flexibility index (Phi) is 27.4. The molecule has 12 bridgehead atoms. The first-order valence-corrected chi connectivity index (χ1v) is 30.9. The van der Waals surface area contributed by atoms with Crippen molar-refractivity contribution in [3.63, 3.8) is 0 Å². The first kappa shape index (κ1) is 69.9. The zero-order chi connectivity index (χ0) is 64.0. The van der Waals surface area contributed by atoms with Gasteiger partial charge in [-0.05, 0) is 156 Å². The molecule has 0 amide bonds. The molecule has 5 fully saturated rings. The Balaban J connectivity index is 0.000000164. The van der Waals surface area contributed by atoms with Gasteiger partial charge in [0.15, 0.2) is 0 Å². The molecule has 0 spiro atoms. The molecule has 17 unspecified atom stereocenters. The lowest BCUT2D eigenvalue weighted by Crippen LogP contribution is -2.21. The van der Waals surface area contributed by atoms with Crippen LogP contribution in [0.4, 0.5) is 0 Å². The Bertz CT molecular complexity index is 2790. The van der Waals surface area contributed by atoms with Crippen LogP contribution in [0.25, 0.3) is 0 Å². The molecule has 16 heteroatoms. The number of ether oxygens (including phenoxy) is 7. The van der Waals surface area contributed by atoms with Crippen LogP contribution in [0.5, 0.6) is 0 Å². The first-order valence-electron chi connectivity index (χ1n) is 30.9. The molecule has 4 saturated carbocycles. The van der Waals surface area contributed by atoms with E-state index in [1.54, 1.807) is 33.6 Å². The van der Waals surface area contributed by atoms with Gasteiger partial charge in [0.2, 0.25) is 0 Å². The second-order valence-electron chi connectivity index (χ2n) is 25.0. The van der Waals surface area contributed by atoms with E-state index in [2.05, 4.69) is 105 Å². The smallest absolute Gasteiger partial charge is 0.333 e. The quantitative estimate of drug-likeness (QED) is 0.0289. The number of carbonyl (C=O) groups excluding carboxylic acids is 6. The van der Waals surface area contributed by atoms with Gasteiger partial charge in [-0.3, -0.25) is 4.79 Å². The third-order valence-electron chi connectivity index (χ3n) is 17.9. The summed E-state index contributed by atoms with van der Waals surface area (Å²) in [4.78, 5) is 75.9. The highest BCUT2D eigenvalue weighted by Crippen LogP contribution is 2.47. The first-order chi connectivity index (χ1) is 42.1. The molecule has 2 aliphatic heterocycles. The highest BCUT2D eigenvalue weighted by atomic mass is 16.6. The number of esters is 5. The summed E-state index contributed by atoms with van der Waals surface area (Å²) in [6.45, 7) is 31.1. The molecule has 10 aliphatic carbocycles. The number of carboxylic acid groups (broad SMARTS) is 1. The number of carbonyl (C=O) groups is 6. The number of aliphatic carboxylic acids is 1. The summed E-state index contributed by atoms with van der Waals surface area (Å²) >= 11 is 0. The Morgan fingerprint density at radius 2 is 1.06 bits per heavy atom. The Hall–Kier alpha value is -7.23. The number of hydrogen-bond acceptors (Lipinski definition) is 15. The summed E-state index contributed by atoms with van der Waals surface area (Å²) in [7, 11) is 0. The molecule has 12 aliphatic rings. The van der Waals surface area contributed by atoms with E-state index in [-0.39, 0.29) is 61.1 Å². The third kappa shape index (κ3) is 20.7. The van der Waals surface area contributed by atoms with Crippen molar-refractivity contribution in [3.8, 4) is 0 Å². The van der Waals surface area contributed by atoms with Gasteiger partial charge in [-0.2, -0.15) is 0 Å². The molecule has 88 heavy (non-hydrogen) atoms. The molecule has 0 aromatic heterocycles. The van der Waals surface area contributed by atoms with Crippen molar-refractivity contribution in [2.45, 2.75) is 97.7 Å². The average Bonchev–Trinajstić information content (AvgIpc) is 3.85. The lowest BCUT2D eigenvalue weighted by atomic mass is 9.90. The van der Waals surface area contributed by atoms with Crippen molar-refractivity contribution >= 4 is 41.8 Å². The van der Waals surface area contributed by atoms with Crippen LogP contribution in [0.1, 0.15) is 85.5 Å². The molecule has 1 saturated heterocycles. The van der Waals surface area contributed by atoms with Crippen LogP contribution in [0.2, 0.25) is 0 Å².